The molecule has 5 heteroatoms. The van der Waals surface area contributed by atoms with Gasteiger partial charge in [0, 0.05) is 10.7 Å². The van der Waals surface area contributed by atoms with Crippen LogP contribution in [0.15, 0.2) is 18.2 Å². The molecule has 20 heavy (non-hydrogen) atoms. The third-order valence-electron chi connectivity index (χ3n) is 3.08. The number of rotatable bonds is 3. The van der Waals surface area contributed by atoms with Crippen molar-refractivity contribution in [3.63, 3.8) is 0 Å². The Morgan fingerprint density at radius 3 is 2.70 bits per heavy atom. The molecule has 0 unspecified atom stereocenters. The third kappa shape index (κ3) is 4.39. The lowest BCUT2D eigenvalue weighted by Gasteiger charge is -2.28. The van der Waals surface area contributed by atoms with Gasteiger partial charge in [0.05, 0.1) is 0 Å². The second-order valence-electron chi connectivity index (χ2n) is 6.16. The maximum atomic E-state index is 11.9. The predicted molar refractivity (Wildman–Crippen MR) is 81.4 cm³/mol. The number of hydrogen-bond donors (Lipinski definition) is 2. The van der Waals surface area contributed by atoms with Crippen molar-refractivity contribution in [1.29, 1.82) is 0 Å². The first-order chi connectivity index (χ1) is 9.33. The highest BCUT2D eigenvalue weighted by atomic mass is 35.5. The Morgan fingerprint density at radius 1 is 1.45 bits per heavy atom. The van der Waals surface area contributed by atoms with Crippen molar-refractivity contribution >= 4 is 23.4 Å². The number of nitrogens with one attached hydrogen (secondary N) is 2. The van der Waals surface area contributed by atoms with Crippen LogP contribution in [0.2, 0.25) is 5.02 Å². The van der Waals surface area contributed by atoms with Gasteiger partial charge in [0.2, 0.25) is 0 Å². The van der Waals surface area contributed by atoms with E-state index in [1.165, 1.54) is 0 Å². The second kappa shape index (κ2) is 6.02. The minimum absolute atomic E-state index is 0.437. The van der Waals surface area contributed by atoms with E-state index in [1.807, 2.05) is 32.9 Å². The van der Waals surface area contributed by atoms with E-state index in [0.29, 0.717) is 10.9 Å². The summed E-state index contributed by atoms with van der Waals surface area (Å²) in [6.45, 7) is 7.55. The van der Waals surface area contributed by atoms with Gasteiger partial charge in [-0.05, 0) is 70.0 Å². The van der Waals surface area contributed by atoms with Gasteiger partial charge in [-0.25, -0.2) is 4.79 Å². The van der Waals surface area contributed by atoms with E-state index in [1.54, 1.807) is 6.07 Å². The molecule has 0 atom stereocenters. The van der Waals surface area contributed by atoms with E-state index in [9.17, 15) is 4.79 Å². The average Bonchev–Trinajstić information content (AvgIpc) is 2.24. The summed E-state index contributed by atoms with van der Waals surface area (Å²) < 4.78 is 5.28. The predicted octanol–water partition coefficient (Wildman–Crippen LogP) is 3.45. The average molecular weight is 297 g/mol. The first-order valence-corrected chi connectivity index (χ1v) is 7.20. The second-order valence-corrected chi connectivity index (χ2v) is 6.59. The summed E-state index contributed by atoms with van der Waals surface area (Å²) >= 11 is 6.04. The molecule has 0 aliphatic carbocycles. The molecule has 0 saturated carbocycles. The summed E-state index contributed by atoms with van der Waals surface area (Å²) in [6, 6.07) is 5.51. The number of hydrogen-bond acceptors (Lipinski definition) is 3. The van der Waals surface area contributed by atoms with Crippen LogP contribution in [0.4, 0.5) is 10.5 Å². The fourth-order valence-corrected chi connectivity index (χ4v) is 2.27. The molecule has 1 aromatic carbocycles. The SMILES string of the molecule is CC(C)(C)OC(=O)Nc1ccc(Cl)cc1CC1CNC1. The van der Waals surface area contributed by atoms with Crippen LogP contribution in [0.5, 0.6) is 0 Å². The van der Waals surface area contributed by atoms with Crippen LogP contribution in [0, 0.1) is 5.92 Å². The van der Waals surface area contributed by atoms with Crippen LogP contribution in [0.3, 0.4) is 0 Å². The highest BCUT2D eigenvalue weighted by Gasteiger charge is 2.21. The number of anilines is 1. The summed E-state index contributed by atoms with van der Waals surface area (Å²) in [4.78, 5) is 11.9. The van der Waals surface area contributed by atoms with Crippen molar-refractivity contribution in [2.24, 2.45) is 5.92 Å². The fourth-order valence-electron chi connectivity index (χ4n) is 2.07. The zero-order chi connectivity index (χ0) is 14.8. The van der Waals surface area contributed by atoms with E-state index in [-0.39, 0.29) is 0 Å². The summed E-state index contributed by atoms with van der Waals surface area (Å²) in [5.41, 5.74) is 1.32. The maximum Gasteiger partial charge on any atom is 0.412 e. The largest absolute Gasteiger partial charge is 0.444 e. The number of amides is 1. The molecule has 0 radical (unpaired) electrons. The smallest absolute Gasteiger partial charge is 0.412 e. The van der Waals surface area contributed by atoms with E-state index < -0.39 is 11.7 Å². The molecule has 1 fully saturated rings. The number of ether oxygens (including phenoxy) is 1. The van der Waals surface area contributed by atoms with Gasteiger partial charge in [-0.15, -0.1) is 0 Å². The monoisotopic (exact) mass is 296 g/mol. The van der Waals surface area contributed by atoms with E-state index in [4.69, 9.17) is 16.3 Å². The fraction of sp³-hybridized carbons (Fsp3) is 0.533. The molecule has 1 amide bonds. The van der Waals surface area contributed by atoms with Gasteiger partial charge in [-0.1, -0.05) is 11.6 Å². The number of benzene rings is 1. The van der Waals surface area contributed by atoms with Crippen LogP contribution in [-0.2, 0) is 11.2 Å². The molecule has 0 bridgehead atoms. The summed E-state index contributed by atoms with van der Waals surface area (Å²) in [5, 5.41) is 6.73. The normalized spacial score (nSPS) is 15.6. The summed E-state index contributed by atoms with van der Waals surface area (Å²) in [7, 11) is 0. The molecule has 1 heterocycles. The van der Waals surface area contributed by atoms with Gasteiger partial charge in [0.25, 0.3) is 0 Å². The lowest BCUT2D eigenvalue weighted by Crippen LogP contribution is -2.43. The zero-order valence-electron chi connectivity index (χ0n) is 12.1. The van der Waals surface area contributed by atoms with Gasteiger partial charge in [-0.2, -0.15) is 0 Å². The zero-order valence-corrected chi connectivity index (χ0v) is 12.9. The number of carbonyl (C=O) groups is 1. The Morgan fingerprint density at radius 2 is 2.15 bits per heavy atom. The van der Waals surface area contributed by atoms with Gasteiger partial charge in [0.1, 0.15) is 5.60 Å². The highest BCUT2D eigenvalue weighted by molar-refractivity contribution is 6.30. The molecule has 110 valence electrons. The number of halogens is 1. The van der Waals surface area contributed by atoms with E-state index in [0.717, 1.165) is 30.8 Å². The Kier molecular flexibility index (Phi) is 4.55. The summed E-state index contributed by atoms with van der Waals surface area (Å²) in [5.74, 6) is 0.604. The van der Waals surface area contributed by atoms with Crippen molar-refractivity contribution in [3.05, 3.63) is 28.8 Å². The van der Waals surface area contributed by atoms with Gasteiger partial charge >= 0.3 is 6.09 Å². The molecule has 2 N–H and O–H groups in total. The molecular weight excluding hydrogens is 276 g/mol. The van der Waals surface area contributed by atoms with E-state index >= 15 is 0 Å². The lowest BCUT2D eigenvalue weighted by atomic mass is 9.93. The van der Waals surface area contributed by atoms with Crippen molar-refractivity contribution in [2.45, 2.75) is 32.8 Å². The van der Waals surface area contributed by atoms with Crippen LogP contribution >= 0.6 is 11.6 Å². The Balaban J connectivity index is 2.07. The quantitative estimate of drug-likeness (QED) is 0.898. The van der Waals surface area contributed by atoms with E-state index in [2.05, 4.69) is 10.6 Å². The van der Waals surface area contributed by atoms with Crippen LogP contribution in [0.25, 0.3) is 0 Å². The minimum Gasteiger partial charge on any atom is -0.444 e. The van der Waals surface area contributed by atoms with Crippen LogP contribution < -0.4 is 10.6 Å². The molecule has 1 aliphatic rings. The van der Waals surface area contributed by atoms with Crippen molar-refractivity contribution in [3.8, 4) is 0 Å². The first kappa shape index (κ1) is 15.1. The molecule has 1 aromatic rings. The summed E-state index contributed by atoms with van der Waals surface area (Å²) in [6.07, 6.45) is 0.464. The first-order valence-electron chi connectivity index (χ1n) is 6.82. The third-order valence-corrected chi connectivity index (χ3v) is 3.31. The molecule has 4 nitrogen and oxygen atoms in total. The van der Waals surface area contributed by atoms with Gasteiger partial charge < -0.3 is 10.1 Å². The van der Waals surface area contributed by atoms with Gasteiger partial charge in [-0.3, -0.25) is 5.32 Å². The lowest BCUT2D eigenvalue weighted by molar-refractivity contribution is 0.0635. The topological polar surface area (TPSA) is 50.4 Å². The molecular formula is C15H21ClN2O2. The molecule has 0 spiro atoms. The Bertz CT molecular complexity index is 493. The van der Waals surface area contributed by atoms with Crippen LogP contribution in [0.1, 0.15) is 26.3 Å². The van der Waals surface area contributed by atoms with Crippen molar-refractivity contribution in [2.75, 3.05) is 18.4 Å². The maximum absolute atomic E-state index is 11.9. The van der Waals surface area contributed by atoms with Crippen molar-refractivity contribution in [1.82, 2.24) is 5.32 Å². The van der Waals surface area contributed by atoms with Crippen molar-refractivity contribution < 1.29 is 9.53 Å². The number of carbonyl (C=O) groups excluding carboxylic acids is 1. The standard InChI is InChI=1S/C15H21ClN2O2/c1-15(2,3)20-14(19)18-13-5-4-12(16)7-11(13)6-10-8-17-9-10/h4-5,7,10,17H,6,8-9H2,1-3H3,(H,18,19). The molecule has 1 saturated heterocycles. The Hall–Kier alpha value is -1.26. The van der Waals surface area contributed by atoms with Gasteiger partial charge in [0.15, 0.2) is 0 Å². The molecule has 1 aliphatic heterocycles. The van der Waals surface area contributed by atoms with Crippen LogP contribution in [-0.4, -0.2) is 24.8 Å². The minimum atomic E-state index is -0.505. The molecule has 2 rings (SSSR count). The molecule has 0 aromatic heterocycles. The highest BCUT2D eigenvalue weighted by Crippen LogP contribution is 2.25. The Labute approximate surface area is 124 Å².